The molecule has 0 saturated carbocycles. The van der Waals surface area contributed by atoms with Crippen LogP contribution in [0, 0.1) is 34.0 Å². The Bertz CT molecular complexity index is 404. The number of hydrogen-bond donors (Lipinski definition) is 0. The van der Waals surface area contributed by atoms with Gasteiger partial charge in [-0.3, -0.25) is 0 Å². The summed E-state index contributed by atoms with van der Waals surface area (Å²) in [5.41, 5.74) is 3.08. The zero-order chi connectivity index (χ0) is 22.2. The molecule has 0 saturated heterocycles. The van der Waals surface area contributed by atoms with Crippen molar-refractivity contribution in [3.63, 3.8) is 0 Å². The molecule has 0 aliphatic rings. The summed E-state index contributed by atoms with van der Waals surface area (Å²) in [5, 5.41) is 0. The zero-order valence-corrected chi connectivity index (χ0v) is 22.0. The second-order valence-corrected chi connectivity index (χ2v) is 13.8. The average molecular weight is 393 g/mol. The van der Waals surface area contributed by atoms with E-state index in [9.17, 15) is 0 Å². The van der Waals surface area contributed by atoms with Gasteiger partial charge in [-0.15, -0.1) is 0 Å². The van der Waals surface area contributed by atoms with Crippen molar-refractivity contribution in [1.82, 2.24) is 0 Å². The molecule has 0 fully saturated rings. The van der Waals surface area contributed by atoms with Gasteiger partial charge in [0.1, 0.15) is 0 Å². The fraction of sp³-hybridized carbons (Fsp3) is 0.929. The molecule has 0 heteroatoms. The molecule has 0 heterocycles. The molecule has 0 spiro atoms. The van der Waals surface area contributed by atoms with Crippen LogP contribution in [0.5, 0.6) is 0 Å². The first-order chi connectivity index (χ1) is 12.5. The summed E-state index contributed by atoms with van der Waals surface area (Å²) in [4.78, 5) is 0. The van der Waals surface area contributed by atoms with Crippen molar-refractivity contribution in [3.8, 4) is 0 Å². The average Bonchev–Trinajstić information content (AvgIpc) is 2.40. The predicted molar refractivity (Wildman–Crippen MR) is 131 cm³/mol. The highest BCUT2D eigenvalue weighted by Gasteiger charge is 2.18. The van der Waals surface area contributed by atoms with E-state index in [0.717, 1.165) is 17.8 Å². The van der Waals surface area contributed by atoms with Crippen molar-refractivity contribution in [3.05, 3.63) is 11.6 Å². The highest BCUT2D eigenvalue weighted by Crippen LogP contribution is 2.32. The van der Waals surface area contributed by atoms with Gasteiger partial charge < -0.3 is 0 Å². The molecular formula is C28H56. The molecule has 28 heavy (non-hydrogen) atoms. The topological polar surface area (TPSA) is 0 Å². The number of hydrogen-bond acceptors (Lipinski definition) is 0. The van der Waals surface area contributed by atoms with E-state index in [1.54, 1.807) is 5.57 Å². The first-order valence-electron chi connectivity index (χ1n) is 12.1. The predicted octanol–water partition coefficient (Wildman–Crippen LogP) is 10.1. The van der Waals surface area contributed by atoms with E-state index in [1.807, 2.05) is 0 Å². The Morgan fingerprint density at radius 1 is 0.571 bits per heavy atom. The monoisotopic (exact) mass is 392 g/mol. The van der Waals surface area contributed by atoms with Crippen molar-refractivity contribution in [2.45, 2.75) is 134 Å². The summed E-state index contributed by atoms with van der Waals surface area (Å²) in [6.07, 6.45) is 13.2. The summed E-state index contributed by atoms with van der Waals surface area (Å²) in [7, 11) is 0. The molecule has 0 nitrogen and oxygen atoms in total. The Labute approximate surface area is 180 Å². The van der Waals surface area contributed by atoms with Gasteiger partial charge in [-0.1, -0.05) is 94.7 Å². The van der Waals surface area contributed by atoms with Crippen LogP contribution in [0.4, 0.5) is 0 Å². The van der Waals surface area contributed by atoms with Crippen LogP contribution in [0.15, 0.2) is 11.6 Å². The normalized spacial score (nSPS) is 16.6. The van der Waals surface area contributed by atoms with E-state index >= 15 is 0 Å². The lowest BCUT2D eigenvalue weighted by Gasteiger charge is -2.25. The molecule has 3 atom stereocenters. The van der Waals surface area contributed by atoms with E-state index in [-0.39, 0.29) is 0 Å². The second-order valence-electron chi connectivity index (χ2n) is 13.8. The highest BCUT2D eigenvalue weighted by atomic mass is 14.2. The fourth-order valence-corrected chi connectivity index (χ4v) is 4.98. The lowest BCUT2D eigenvalue weighted by Crippen LogP contribution is -2.12. The summed E-state index contributed by atoms with van der Waals surface area (Å²) < 4.78 is 0. The molecule has 0 aliphatic carbocycles. The molecule has 0 aromatic heterocycles. The SMILES string of the molecule is CC(CC=C(CCC(C)CC(C)(C)C)CCC(C)CC(C)(C)C)CC(C)(C)C. The van der Waals surface area contributed by atoms with Crippen LogP contribution >= 0.6 is 0 Å². The highest BCUT2D eigenvalue weighted by molar-refractivity contribution is 5.03. The van der Waals surface area contributed by atoms with Crippen molar-refractivity contribution < 1.29 is 0 Å². The van der Waals surface area contributed by atoms with Crippen molar-refractivity contribution >= 4 is 0 Å². The molecule has 0 aliphatic heterocycles. The van der Waals surface area contributed by atoms with Crippen LogP contribution < -0.4 is 0 Å². The first-order valence-corrected chi connectivity index (χ1v) is 12.1. The van der Waals surface area contributed by atoms with Gasteiger partial charge in [0.2, 0.25) is 0 Å². The van der Waals surface area contributed by atoms with Crippen molar-refractivity contribution in [2.75, 3.05) is 0 Å². The molecule has 0 N–H and O–H groups in total. The van der Waals surface area contributed by atoms with E-state index in [4.69, 9.17) is 0 Å². The minimum Gasteiger partial charge on any atom is -0.0851 e. The van der Waals surface area contributed by atoms with E-state index in [2.05, 4.69) is 89.2 Å². The first kappa shape index (κ1) is 27.7. The van der Waals surface area contributed by atoms with E-state index in [0.29, 0.717) is 16.2 Å². The van der Waals surface area contributed by atoms with Gasteiger partial charge in [-0.25, -0.2) is 0 Å². The van der Waals surface area contributed by atoms with Gasteiger partial charge in [0, 0.05) is 0 Å². The van der Waals surface area contributed by atoms with Crippen LogP contribution in [-0.2, 0) is 0 Å². The van der Waals surface area contributed by atoms with Crippen LogP contribution in [0.25, 0.3) is 0 Å². The van der Waals surface area contributed by atoms with Crippen molar-refractivity contribution in [2.24, 2.45) is 34.0 Å². The molecule has 3 unspecified atom stereocenters. The number of allylic oxidation sites excluding steroid dienone is 2. The summed E-state index contributed by atoms with van der Waals surface area (Å²) in [6.45, 7) is 28.7. The maximum atomic E-state index is 2.63. The van der Waals surface area contributed by atoms with Gasteiger partial charge >= 0.3 is 0 Å². The van der Waals surface area contributed by atoms with Gasteiger partial charge in [-0.2, -0.15) is 0 Å². The largest absolute Gasteiger partial charge is 0.0851 e. The fourth-order valence-electron chi connectivity index (χ4n) is 4.98. The Morgan fingerprint density at radius 3 is 1.21 bits per heavy atom. The maximum absolute atomic E-state index is 2.63. The molecule has 168 valence electrons. The van der Waals surface area contributed by atoms with Crippen LogP contribution in [0.2, 0.25) is 0 Å². The Balaban J connectivity index is 4.83. The minimum atomic E-state index is 0.440. The molecular weight excluding hydrogens is 336 g/mol. The Hall–Kier alpha value is -0.260. The molecule has 0 aromatic rings. The van der Waals surface area contributed by atoms with Gasteiger partial charge in [0.25, 0.3) is 0 Å². The molecule has 0 radical (unpaired) electrons. The lowest BCUT2D eigenvalue weighted by molar-refractivity contribution is 0.290. The molecule has 0 rings (SSSR count). The quantitative estimate of drug-likeness (QED) is 0.307. The second kappa shape index (κ2) is 11.8. The third-order valence-electron chi connectivity index (χ3n) is 5.61. The lowest BCUT2D eigenvalue weighted by atomic mass is 9.81. The van der Waals surface area contributed by atoms with Crippen LogP contribution in [0.3, 0.4) is 0 Å². The van der Waals surface area contributed by atoms with E-state index < -0.39 is 0 Å². The standard InChI is InChI=1S/C28H56/c1-22(19-26(4,5)6)13-16-25(17-14-23(2)20-27(7,8)9)18-15-24(3)21-28(10,11)12/h16,22-24H,13-15,17-21H2,1-12H3. The van der Waals surface area contributed by atoms with Crippen LogP contribution in [-0.4, -0.2) is 0 Å². The third kappa shape index (κ3) is 17.8. The van der Waals surface area contributed by atoms with E-state index in [1.165, 1.54) is 51.4 Å². The molecule has 0 bridgehead atoms. The molecule has 0 aromatic carbocycles. The summed E-state index contributed by atoms with van der Waals surface area (Å²) in [5.74, 6) is 2.43. The van der Waals surface area contributed by atoms with Crippen LogP contribution in [0.1, 0.15) is 134 Å². The Morgan fingerprint density at radius 2 is 0.893 bits per heavy atom. The van der Waals surface area contributed by atoms with Gasteiger partial charge in [-0.05, 0) is 85.4 Å². The van der Waals surface area contributed by atoms with Gasteiger partial charge in [0.05, 0.1) is 0 Å². The smallest absolute Gasteiger partial charge is 0.0318 e. The molecule has 0 amide bonds. The third-order valence-corrected chi connectivity index (χ3v) is 5.61. The van der Waals surface area contributed by atoms with Crippen molar-refractivity contribution in [1.29, 1.82) is 0 Å². The number of rotatable bonds is 11. The minimum absolute atomic E-state index is 0.440. The summed E-state index contributed by atoms with van der Waals surface area (Å²) in [6, 6.07) is 0. The zero-order valence-electron chi connectivity index (χ0n) is 22.0. The Kier molecular flexibility index (Phi) is 11.7. The van der Waals surface area contributed by atoms with Gasteiger partial charge in [0.15, 0.2) is 0 Å². The summed E-state index contributed by atoms with van der Waals surface area (Å²) >= 11 is 0. The maximum Gasteiger partial charge on any atom is -0.0318 e.